The zero-order valence-electron chi connectivity index (χ0n) is 7.50. The van der Waals surface area contributed by atoms with E-state index in [1.165, 1.54) is 0 Å². The zero-order chi connectivity index (χ0) is 14.6. The maximum atomic E-state index is 12.9. The standard InChI is InChI=1S/C5F10O3/c6-1(7)2(8,9)16-5(14,15)18-3(1,10)17-4(11,12)13. The summed E-state index contributed by atoms with van der Waals surface area (Å²) in [6.07, 6.45) is -18.3. The van der Waals surface area contributed by atoms with E-state index in [4.69, 9.17) is 0 Å². The first kappa shape index (κ1) is 15.2. The van der Waals surface area contributed by atoms with Gasteiger partial charge in [0.05, 0.1) is 0 Å². The largest absolute Gasteiger partial charge is 0.527 e. The van der Waals surface area contributed by atoms with Crippen LogP contribution in [0.25, 0.3) is 0 Å². The first-order valence-corrected chi connectivity index (χ1v) is 3.61. The third-order valence-corrected chi connectivity index (χ3v) is 1.48. The molecule has 0 aromatic rings. The minimum atomic E-state index is -6.48. The van der Waals surface area contributed by atoms with Crippen LogP contribution in [0.4, 0.5) is 43.9 Å². The summed E-state index contributed by atoms with van der Waals surface area (Å²) in [4.78, 5) is 0. The first-order chi connectivity index (χ1) is 7.62. The molecule has 0 N–H and O–H groups in total. The highest BCUT2D eigenvalue weighted by molar-refractivity contribution is 4.90. The van der Waals surface area contributed by atoms with E-state index >= 15 is 0 Å². The lowest BCUT2D eigenvalue weighted by atomic mass is 10.2. The first-order valence-electron chi connectivity index (χ1n) is 3.61. The van der Waals surface area contributed by atoms with E-state index in [0.29, 0.717) is 0 Å². The lowest BCUT2D eigenvalue weighted by Gasteiger charge is -2.42. The number of rotatable bonds is 1. The molecule has 1 rings (SSSR count). The summed E-state index contributed by atoms with van der Waals surface area (Å²) < 4.78 is 128. The van der Waals surface area contributed by atoms with Gasteiger partial charge < -0.3 is 0 Å². The van der Waals surface area contributed by atoms with Gasteiger partial charge in [-0.1, -0.05) is 0 Å². The molecule has 1 aliphatic heterocycles. The Kier molecular flexibility index (Phi) is 3.05. The molecule has 0 spiro atoms. The summed E-state index contributed by atoms with van der Waals surface area (Å²) in [6, 6.07) is -6.16. The Morgan fingerprint density at radius 1 is 0.778 bits per heavy atom. The highest BCUT2D eigenvalue weighted by Crippen LogP contribution is 2.55. The molecule has 1 unspecified atom stereocenters. The third-order valence-electron chi connectivity index (χ3n) is 1.48. The van der Waals surface area contributed by atoms with E-state index in [9.17, 15) is 43.9 Å². The Morgan fingerprint density at radius 3 is 1.61 bits per heavy atom. The van der Waals surface area contributed by atoms with Crippen LogP contribution < -0.4 is 0 Å². The number of alkyl halides is 10. The van der Waals surface area contributed by atoms with Crippen LogP contribution in [-0.2, 0) is 14.2 Å². The molecule has 13 heteroatoms. The number of hydrogen-bond donors (Lipinski definition) is 0. The molecule has 0 aromatic heterocycles. The summed E-state index contributed by atoms with van der Waals surface area (Å²) in [5, 5.41) is 0. The molecule has 1 saturated heterocycles. The van der Waals surface area contributed by atoms with Gasteiger partial charge in [0, 0.05) is 0 Å². The Morgan fingerprint density at radius 2 is 1.22 bits per heavy atom. The quantitative estimate of drug-likeness (QED) is 0.697. The molecular formula is C5F10O3. The molecule has 3 nitrogen and oxygen atoms in total. The molecular weight excluding hydrogens is 298 g/mol. The topological polar surface area (TPSA) is 27.7 Å². The minimum absolute atomic E-state index is 1.87. The maximum Gasteiger partial charge on any atom is 0.527 e. The Bertz CT molecular complexity index is 333. The fraction of sp³-hybridized carbons (Fsp3) is 1.00. The van der Waals surface area contributed by atoms with E-state index in [1.54, 1.807) is 0 Å². The van der Waals surface area contributed by atoms with Crippen molar-refractivity contribution in [2.24, 2.45) is 0 Å². The van der Waals surface area contributed by atoms with Gasteiger partial charge in [0.1, 0.15) is 0 Å². The normalized spacial score (nSPS) is 34.3. The molecule has 18 heavy (non-hydrogen) atoms. The van der Waals surface area contributed by atoms with E-state index in [1.807, 2.05) is 4.74 Å². The highest BCUT2D eigenvalue weighted by Gasteiger charge is 2.84. The average Bonchev–Trinajstić information content (AvgIpc) is 1.92. The van der Waals surface area contributed by atoms with Crippen LogP contribution in [0, 0.1) is 0 Å². The summed E-state index contributed by atoms with van der Waals surface area (Å²) in [6.45, 7) is 0. The Hall–Kier alpha value is -0.820. The fourth-order valence-electron chi connectivity index (χ4n) is 0.859. The van der Waals surface area contributed by atoms with Gasteiger partial charge in [-0.25, -0.2) is 14.2 Å². The van der Waals surface area contributed by atoms with Crippen molar-refractivity contribution >= 4 is 0 Å². The van der Waals surface area contributed by atoms with Crippen LogP contribution in [0.1, 0.15) is 0 Å². The van der Waals surface area contributed by atoms with Gasteiger partial charge in [-0.2, -0.15) is 22.0 Å². The summed E-state index contributed by atoms with van der Waals surface area (Å²) in [5.41, 5.74) is 0. The second-order valence-electron chi connectivity index (χ2n) is 2.84. The maximum absolute atomic E-state index is 12.9. The lowest BCUT2D eigenvalue weighted by molar-refractivity contribution is -0.648. The Labute approximate surface area is 90.2 Å². The smallest absolute Gasteiger partial charge is 0.228 e. The van der Waals surface area contributed by atoms with E-state index in [0.717, 1.165) is 0 Å². The van der Waals surface area contributed by atoms with Crippen LogP contribution >= 0.6 is 0 Å². The molecule has 0 amide bonds. The van der Waals surface area contributed by atoms with Gasteiger partial charge in [-0.15, -0.1) is 22.0 Å². The van der Waals surface area contributed by atoms with Gasteiger partial charge in [0.2, 0.25) is 0 Å². The summed E-state index contributed by atoms with van der Waals surface area (Å²) in [7, 11) is 0. The molecule has 1 atom stereocenters. The summed E-state index contributed by atoms with van der Waals surface area (Å²) in [5.74, 6) is -6.48. The van der Waals surface area contributed by atoms with Crippen LogP contribution in [0.5, 0.6) is 0 Å². The molecule has 0 saturated carbocycles. The third kappa shape index (κ3) is 2.47. The molecule has 0 aromatic carbocycles. The van der Waals surface area contributed by atoms with Crippen LogP contribution in [-0.4, -0.2) is 30.7 Å². The van der Waals surface area contributed by atoms with Crippen LogP contribution in [0.3, 0.4) is 0 Å². The van der Waals surface area contributed by atoms with Gasteiger partial charge >= 0.3 is 30.7 Å². The number of ether oxygens (including phenoxy) is 3. The van der Waals surface area contributed by atoms with Crippen LogP contribution in [0.2, 0.25) is 0 Å². The van der Waals surface area contributed by atoms with E-state index in [2.05, 4.69) is 9.47 Å². The van der Waals surface area contributed by atoms with Crippen molar-refractivity contribution in [1.82, 2.24) is 0 Å². The number of halogens is 10. The molecule has 0 radical (unpaired) electrons. The lowest BCUT2D eigenvalue weighted by Crippen LogP contribution is -2.69. The minimum Gasteiger partial charge on any atom is -0.228 e. The van der Waals surface area contributed by atoms with Crippen molar-refractivity contribution in [3.63, 3.8) is 0 Å². The van der Waals surface area contributed by atoms with Gasteiger partial charge in [0.15, 0.2) is 0 Å². The molecule has 0 aliphatic carbocycles. The molecule has 108 valence electrons. The second kappa shape index (κ2) is 3.60. The zero-order valence-corrected chi connectivity index (χ0v) is 7.50. The van der Waals surface area contributed by atoms with Crippen molar-refractivity contribution in [3.8, 4) is 0 Å². The second-order valence-corrected chi connectivity index (χ2v) is 2.84. The van der Waals surface area contributed by atoms with Crippen molar-refractivity contribution in [2.75, 3.05) is 0 Å². The Balaban J connectivity index is 3.22. The molecule has 1 heterocycles. The predicted molar refractivity (Wildman–Crippen MR) is 28.0 cm³/mol. The average molecular weight is 298 g/mol. The van der Waals surface area contributed by atoms with Gasteiger partial charge in [-0.3, -0.25) is 0 Å². The monoisotopic (exact) mass is 298 g/mol. The molecule has 1 fully saturated rings. The van der Waals surface area contributed by atoms with Crippen molar-refractivity contribution in [2.45, 2.75) is 30.7 Å². The molecule has 1 aliphatic rings. The van der Waals surface area contributed by atoms with Crippen molar-refractivity contribution in [1.29, 1.82) is 0 Å². The molecule has 0 bridgehead atoms. The van der Waals surface area contributed by atoms with Crippen molar-refractivity contribution in [3.05, 3.63) is 0 Å². The van der Waals surface area contributed by atoms with Crippen molar-refractivity contribution < 1.29 is 58.1 Å². The van der Waals surface area contributed by atoms with Gasteiger partial charge in [-0.05, 0) is 0 Å². The number of hydrogen-bond acceptors (Lipinski definition) is 3. The van der Waals surface area contributed by atoms with E-state index in [-0.39, 0.29) is 0 Å². The van der Waals surface area contributed by atoms with Gasteiger partial charge in [0.25, 0.3) is 0 Å². The van der Waals surface area contributed by atoms with E-state index < -0.39 is 30.7 Å². The highest BCUT2D eigenvalue weighted by atomic mass is 19.4. The van der Waals surface area contributed by atoms with Crippen LogP contribution in [0.15, 0.2) is 0 Å². The SMILES string of the molecule is FC(F)(F)OC1(F)OC(F)(F)OC(F)(F)C1(F)F. The predicted octanol–water partition coefficient (Wildman–Crippen LogP) is 2.97. The fourth-order valence-corrected chi connectivity index (χ4v) is 0.859. The summed E-state index contributed by atoms with van der Waals surface area (Å²) >= 11 is 0.